The number of nitrogens with zero attached hydrogens (tertiary/aromatic N) is 2. The van der Waals surface area contributed by atoms with E-state index in [0.717, 1.165) is 25.0 Å². The summed E-state index contributed by atoms with van der Waals surface area (Å²) in [6.07, 6.45) is 8.16. The highest BCUT2D eigenvalue weighted by Gasteiger charge is 2.42. The fraction of sp³-hybridized carbons (Fsp3) is 0.750. The highest BCUT2D eigenvalue weighted by atomic mass is 16.1. The molecule has 20 heavy (non-hydrogen) atoms. The number of nitrogens with one attached hydrogen (secondary N) is 1. The zero-order valence-corrected chi connectivity index (χ0v) is 12.5. The molecule has 110 valence electrons. The summed E-state index contributed by atoms with van der Waals surface area (Å²) in [5.41, 5.74) is 0.935. The smallest absolute Gasteiger partial charge is 0.143 e. The summed E-state index contributed by atoms with van der Waals surface area (Å²) >= 11 is 0. The van der Waals surface area contributed by atoms with E-state index in [1.54, 1.807) is 0 Å². The molecule has 2 bridgehead atoms. The van der Waals surface area contributed by atoms with Gasteiger partial charge in [-0.25, -0.2) is 0 Å². The standard InChI is InChI=1S/C16H25N3O/c1-3-13(4-2)19-8-7-12(18-19)10-16(20)14-9-11-5-6-15(14)17-11/h7-8,11,13-15,17H,3-6,9-10H2,1-2H3. The third-order valence-corrected chi connectivity index (χ3v) is 5.05. The highest BCUT2D eigenvalue weighted by Crippen LogP contribution is 2.34. The van der Waals surface area contributed by atoms with Gasteiger partial charge >= 0.3 is 0 Å². The van der Waals surface area contributed by atoms with Crippen molar-refractivity contribution in [3.63, 3.8) is 0 Å². The van der Waals surface area contributed by atoms with E-state index in [4.69, 9.17) is 0 Å². The first kappa shape index (κ1) is 13.8. The van der Waals surface area contributed by atoms with E-state index < -0.39 is 0 Å². The second-order valence-electron chi connectivity index (χ2n) is 6.29. The average molecular weight is 275 g/mol. The van der Waals surface area contributed by atoms with Gasteiger partial charge in [0.1, 0.15) is 5.78 Å². The van der Waals surface area contributed by atoms with Crippen LogP contribution < -0.4 is 5.32 Å². The van der Waals surface area contributed by atoms with Crippen molar-refractivity contribution in [3.05, 3.63) is 18.0 Å². The van der Waals surface area contributed by atoms with E-state index in [1.807, 2.05) is 16.9 Å². The van der Waals surface area contributed by atoms with Gasteiger partial charge in [0, 0.05) is 24.2 Å². The highest BCUT2D eigenvalue weighted by molar-refractivity contribution is 5.84. The van der Waals surface area contributed by atoms with Gasteiger partial charge < -0.3 is 5.32 Å². The number of Topliss-reactive ketones (excluding diaryl/α,β-unsaturated/α-hetero) is 1. The van der Waals surface area contributed by atoms with E-state index in [0.29, 0.717) is 30.3 Å². The molecule has 3 heterocycles. The Labute approximate surface area is 120 Å². The van der Waals surface area contributed by atoms with Crippen LogP contribution in [0.1, 0.15) is 57.7 Å². The number of hydrogen-bond donors (Lipinski definition) is 1. The molecule has 2 fully saturated rings. The number of aromatic nitrogens is 2. The van der Waals surface area contributed by atoms with Gasteiger partial charge in [0.05, 0.1) is 18.2 Å². The van der Waals surface area contributed by atoms with Gasteiger partial charge in [-0.2, -0.15) is 5.10 Å². The van der Waals surface area contributed by atoms with Crippen LogP contribution in [-0.2, 0) is 11.2 Å². The molecule has 2 aliphatic heterocycles. The van der Waals surface area contributed by atoms with Crippen molar-refractivity contribution in [2.75, 3.05) is 0 Å². The van der Waals surface area contributed by atoms with Crippen LogP contribution in [0.4, 0.5) is 0 Å². The molecule has 0 aromatic carbocycles. The normalized spacial score (nSPS) is 28.4. The molecule has 0 spiro atoms. The molecule has 3 atom stereocenters. The summed E-state index contributed by atoms with van der Waals surface area (Å²) in [5.74, 6) is 0.603. The Balaban J connectivity index is 1.62. The van der Waals surface area contributed by atoms with Crippen LogP contribution in [0.5, 0.6) is 0 Å². The summed E-state index contributed by atoms with van der Waals surface area (Å²) in [4.78, 5) is 12.4. The molecule has 4 heteroatoms. The minimum atomic E-state index is 0.229. The third-order valence-electron chi connectivity index (χ3n) is 5.05. The molecule has 2 saturated heterocycles. The Hall–Kier alpha value is -1.16. The van der Waals surface area contributed by atoms with Crippen molar-refractivity contribution in [2.45, 2.75) is 70.5 Å². The summed E-state index contributed by atoms with van der Waals surface area (Å²) in [5, 5.41) is 8.14. The van der Waals surface area contributed by atoms with Gasteiger partial charge in [-0.1, -0.05) is 13.8 Å². The molecular weight excluding hydrogens is 250 g/mol. The van der Waals surface area contributed by atoms with Crippen LogP contribution in [0.2, 0.25) is 0 Å². The SMILES string of the molecule is CCC(CC)n1ccc(CC(=O)C2CC3CCC2N3)n1. The summed E-state index contributed by atoms with van der Waals surface area (Å²) in [6, 6.07) is 3.50. The molecule has 1 aromatic rings. The second kappa shape index (κ2) is 5.68. The molecule has 1 N–H and O–H groups in total. The molecule has 0 amide bonds. The third kappa shape index (κ3) is 2.53. The lowest BCUT2D eigenvalue weighted by Crippen LogP contribution is -2.29. The zero-order chi connectivity index (χ0) is 14.1. The summed E-state index contributed by atoms with van der Waals surface area (Å²) in [6.45, 7) is 4.36. The van der Waals surface area contributed by atoms with Crippen molar-refractivity contribution >= 4 is 5.78 Å². The van der Waals surface area contributed by atoms with E-state index in [1.165, 1.54) is 12.8 Å². The van der Waals surface area contributed by atoms with Crippen LogP contribution in [0.15, 0.2) is 12.3 Å². The monoisotopic (exact) mass is 275 g/mol. The van der Waals surface area contributed by atoms with Crippen molar-refractivity contribution in [3.8, 4) is 0 Å². The van der Waals surface area contributed by atoms with E-state index in [2.05, 4.69) is 24.3 Å². The molecule has 0 aliphatic carbocycles. The first-order valence-corrected chi connectivity index (χ1v) is 8.04. The number of rotatable bonds is 6. The lowest BCUT2D eigenvalue weighted by molar-refractivity contribution is -0.122. The minimum absolute atomic E-state index is 0.229. The second-order valence-corrected chi connectivity index (χ2v) is 6.29. The van der Waals surface area contributed by atoms with Crippen LogP contribution in [0, 0.1) is 5.92 Å². The maximum atomic E-state index is 12.4. The van der Waals surface area contributed by atoms with Crippen LogP contribution in [0.25, 0.3) is 0 Å². The average Bonchev–Trinajstić information content (AvgIpc) is 3.16. The summed E-state index contributed by atoms with van der Waals surface area (Å²) in [7, 11) is 0. The van der Waals surface area contributed by atoms with Gasteiger partial charge in [-0.3, -0.25) is 9.48 Å². The first-order valence-electron chi connectivity index (χ1n) is 8.04. The van der Waals surface area contributed by atoms with Gasteiger partial charge in [-0.15, -0.1) is 0 Å². The van der Waals surface area contributed by atoms with E-state index in [9.17, 15) is 4.79 Å². The lowest BCUT2D eigenvalue weighted by Gasteiger charge is -2.18. The Morgan fingerprint density at radius 2 is 2.25 bits per heavy atom. The Morgan fingerprint density at radius 1 is 1.45 bits per heavy atom. The van der Waals surface area contributed by atoms with Crippen molar-refractivity contribution in [1.82, 2.24) is 15.1 Å². The fourth-order valence-electron chi connectivity index (χ4n) is 3.83. The molecular formula is C16H25N3O. The molecule has 0 radical (unpaired) electrons. The minimum Gasteiger partial charge on any atom is -0.310 e. The first-order chi connectivity index (χ1) is 9.71. The Kier molecular flexibility index (Phi) is 3.92. The number of carbonyl (C=O) groups excluding carboxylic acids is 1. The van der Waals surface area contributed by atoms with Gasteiger partial charge in [0.25, 0.3) is 0 Å². The molecule has 4 nitrogen and oxygen atoms in total. The van der Waals surface area contributed by atoms with E-state index in [-0.39, 0.29) is 5.92 Å². The maximum Gasteiger partial charge on any atom is 0.143 e. The quantitative estimate of drug-likeness (QED) is 0.867. The molecule has 2 aliphatic rings. The number of fused-ring (bicyclic) bond motifs is 2. The number of hydrogen-bond acceptors (Lipinski definition) is 3. The molecule has 3 rings (SSSR count). The van der Waals surface area contributed by atoms with Crippen LogP contribution in [0.3, 0.4) is 0 Å². The van der Waals surface area contributed by atoms with Gasteiger partial charge in [0.15, 0.2) is 0 Å². The largest absolute Gasteiger partial charge is 0.310 e. The zero-order valence-electron chi connectivity index (χ0n) is 12.5. The molecule has 1 aromatic heterocycles. The molecule has 0 saturated carbocycles. The number of carbonyl (C=O) groups is 1. The predicted molar refractivity (Wildman–Crippen MR) is 78.6 cm³/mol. The van der Waals surface area contributed by atoms with E-state index >= 15 is 0 Å². The number of ketones is 1. The fourth-order valence-corrected chi connectivity index (χ4v) is 3.83. The Morgan fingerprint density at radius 3 is 2.85 bits per heavy atom. The van der Waals surface area contributed by atoms with Crippen LogP contribution >= 0.6 is 0 Å². The van der Waals surface area contributed by atoms with Gasteiger partial charge in [-0.05, 0) is 38.2 Å². The Bertz CT molecular complexity index is 478. The van der Waals surface area contributed by atoms with Crippen LogP contribution in [-0.4, -0.2) is 27.6 Å². The van der Waals surface area contributed by atoms with Crippen molar-refractivity contribution in [2.24, 2.45) is 5.92 Å². The summed E-state index contributed by atoms with van der Waals surface area (Å²) < 4.78 is 2.03. The van der Waals surface area contributed by atoms with Crippen molar-refractivity contribution in [1.29, 1.82) is 0 Å². The lowest BCUT2D eigenvalue weighted by atomic mass is 9.85. The molecule has 3 unspecified atom stereocenters. The van der Waals surface area contributed by atoms with Crippen molar-refractivity contribution < 1.29 is 4.79 Å². The predicted octanol–water partition coefficient (Wildman–Crippen LogP) is 2.50. The topological polar surface area (TPSA) is 46.9 Å². The van der Waals surface area contributed by atoms with Gasteiger partial charge in [0.2, 0.25) is 0 Å². The maximum absolute atomic E-state index is 12.4.